The van der Waals surface area contributed by atoms with Crippen molar-refractivity contribution < 1.29 is 27.1 Å². The lowest BCUT2D eigenvalue weighted by Gasteiger charge is -2.12. The van der Waals surface area contributed by atoms with Gasteiger partial charge in [-0.05, 0) is 43.2 Å². The van der Waals surface area contributed by atoms with Crippen LogP contribution >= 0.6 is 0 Å². The molecule has 2 N–H and O–H groups in total. The predicted molar refractivity (Wildman–Crippen MR) is 101 cm³/mol. The van der Waals surface area contributed by atoms with Gasteiger partial charge in [0.25, 0.3) is 5.91 Å². The van der Waals surface area contributed by atoms with Gasteiger partial charge in [0.2, 0.25) is 10.0 Å². The maximum Gasteiger partial charge on any atom is 0.251 e. The molecule has 0 saturated heterocycles. The standard InChI is InChI=1S/C19H21FN2O5S/c1-26-17-9-6-13(12-18(17)28(24,25)22-14-7-8-14)19(23)21-10-11-27-16-5-3-2-4-15(16)20/h2-6,9,12,14,22H,7-8,10-11H2,1H3,(H,21,23). The molecular formula is C19H21FN2O5S. The Labute approximate surface area is 162 Å². The van der Waals surface area contributed by atoms with E-state index in [4.69, 9.17) is 9.47 Å². The second-order valence-corrected chi connectivity index (χ2v) is 7.98. The zero-order chi connectivity index (χ0) is 20.1. The summed E-state index contributed by atoms with van der Waals surface area (Å²) < 4.78 is 51.5. The first-order chi connectivity index (χ1) is 13.4. The summed E-state index contributed by atoms with van der Waals surface area (Å²) in [7, 11) is -2.42. The van der Waals surface area contributed by atoms with E-state index >= 15 is 0 Å². The van der Waals surface area contributed by atoms with Crippen LogP contribution in [-0.2, 0) is 10.0 Å². The van der Waals surface area contributed by atoms with Crippen LogP contribution in [0.3, 0.4) is 0 Å². The average Bonchev–Trinajstić information content (AvgIpc) is 3.49. The van der Waals surface area contributed by atoms with Crippen LogP contribution in [0.2, 0.25) is 0 Å². The van der Waals surface area contributed by atoms with E-state index in [9.17, 15) is 17.6 Å². The van der Waals surface area contributed by atoms with Gasteiger partial charge in [-0.15, -0.1) is 0 Å². The number of hydrogen-bond donors (Lipinski definition) is 2. The summed E-state index contributed by atoms with van der Waals surface area (Å²) in [6.07, 6.45) is 1.59. The smallest absolute Gasteiger partial charge is 0.251 e. The van der Waals surface area contributed by atoms with Gasteiger partial charge in [0, 0.05) is 11.6 Å². The van der Waals surface area contributed by atoms with E-state index in [1.807, 2.05) is 0 Å². The molecule has 150 valence electrons. The minimum absolute atomic E-state index is 0.0667. The number of halogens is 1. The number of hydrogen-bond acceptors (Lipinski definition) is 5. The van der Waals surface area contributed by atoms with Crippen LogP contribution in [-0.4, -0.2) is 40.6 Å². The molecule has 7 nitrogen and oxygen atoms in total. The van der Waals surface area contributed by atoms with Gasteiger partial charge in [0.05, 0.1) is 13.7 Å². The molecule has 28 heavy (non-hydrogen) atoms. The topological polar surface area (TPSA) is 93.7 Å². The van der Waals surface area contributed by atoms with Crippen molar-refractivity contribution in [1.82, 2.24) is 10.0 Å². The highest BCUT2D eigenvalue weighted by atomic mass is 32.2. The molecule has 0 aliphatic heterocycles. The van der Waals surface area contributed by atoms with Crippen molar-refractivity contribution in [3.63, 3.8) is 0 Å². The van der Waals surface area contributed by atoms with Crippen LogP contribution < -0.4 is 19.5 Å². The number of carbonyl (C=O) groups excluding carboxylic acids is 1. The zero-order valence-corrected chi connectivity index (χ0v) is 16.1. The number of amides is 1. The minimum Gasteiger partial charge on any atom is -0.495 e. The van der Waals surface area contributed by atoms with Gasteiger partial charge in [-0.1, -0.05) is 12.1 Å². The SMILES string of the molecule is COc1ccc(C(=O)NCCOc2ccccc2F)cc1S(=O)(=O)NC1CC1. The normalized spacial score (nSPS) is 13.8. The highest BCUT2D eigenvalue weighted by Crippen LogP contribution is 2.28. The van der Waals surface area contributed by atoms with Gasteiger partial charge >= 0.3 is 0 Å². The molecule has 2 aromatic carbocycles. The second kappa shape index (κ2) is 8.57. The molecule has 1 aliphatic rings. The van der Waals surface area contributed by atoms with E-state index in [2.05, 4.69) is 10.0 Å². The van der Waals surface area contributed by atoms with E-state index in [1.165, 1.54) is 37.4 Å². The van der Waals surface area contributed by atoms with Crippen molar-refractivity contribution in [2.75, 3.05) is 20.3 Å². The molecule has 1 amide bonds. The van der Waals surface area contributed by atoms with Crippen molar-refractivity contribution >= 4 is 15.9 Å². The van der Waals surface area contributed by atoms with Gasteiger partial charge in [-0.25, -0.2) is 17.5 Å². The van der Waals surface area contributed by atoms with E-state index in [0.717, 1.165) is 12.8 Å². The first-order valence-electron chi connectivity index (χ1n) is 8.76. The third-order valence-electron chi connectivity index (χ3n) is 4.10. The highest BCUT2D eigenvalue weighted by molar-refractivity contribution is 7.89. The van der Waals surface area contributed by atoms with Gasteiger partial charge in [0.15, 0.2) is 11.6 Å². The Morgan fingerprint density at radius 3 is 2.61 bits per heavy atom. The fourth-order valence-corrected chi connectivity index (χ4v) is 4.00. The largest absolute Gasteiger partial charge is 0.495 e. The van der Waals surface area contributed by atoms with E-state index in [0.29, 0.717) is 0 Å². The molecule has 0 aromatic heterocycles. The number of para-hydroxylation sites is 1. The van der Waals surface area contributed by atoms with Gasteiger partial charge in [-0.2, -0.15) is 0 Å². The maximum absolute atomic E-state index is 13.5. The predicted octanol–water partition coefficient (Wildman–Crippen LogP) is 2.08. The first-order valence-corrected chi connectivity index (χ1v) is 10.2. The van der Waals surface area contributed by atoms with Crippen molar-refractivity contribution in [2.24, 2.45) is 0 Å². The fourth-order valence-electron chi connectivity index (χ4n) is 2.50. The van der Waals surface area contributed by atoms with E-state index < -0.39 is 21.7 Å². The number of ether oxygens (including phenoxy) is 2. The Bertz CT molecular complexity index is 961. The summed E-state index contributed by atoms with van der Waals surface area (Å²) in [5, 5.41) is 2.62. The third-order valence-corrected chi connectivity index (χ3v) is 5.64. The molecule has 0 atom stereocenters. The molecule has 1 fully saturated rings. The summed E-state index contributed by atoms with van der Waals surface area (Å²) in [6.45, 7) is 0.193. The number of sulfonamides is 1. The van der Waals surface area contributed by atoms with Gasteiger partial charge in [0.1, 0.15) is 17.3 Å². The van der Waals surface area contributed by atoms with Crippen LogP contribution in [0.15, 0.2) is 47.4 Å². The van der Waals surface area contributed by atoms with Crippen molar-refractivity contribution in [1.29, 1.82) is 0 Å². The molecule has 0 radical (unpaired) electrons. The van der Waals surface area contributed by atoms with E-state index in [1.54, 1.807) is 12.1 Å². The number of carbonyl (C=O) groups is 1. The number of benzene rings is 2. The van der Waals surface area contributed by atoms with Gasteiger partial charge in [-0.3, -0.25) is 4.79 Å². The minimum atomic E-state index is -3.78. The third kappa shape index (κ3) is 4.99. The molecule has 1 saturated carbocycles. The lowest BCUT2D eigenvalue weighted by atomic mass is 10.2. The maximum atomic E-state index is 13.5. The molecule has 2 aromatic rings. The monoisotopic (exact) mass is 408 g/mol. The molecule has 0 heterocycles. The molecule has 0 unspecified atom stereocenters. The Hall–Kier alpha value is -2.65. The van der Waals surface area contributed by atoms with Gasteiger partial charge < -0.3 is 14.8 Å². The summed E-state index contributed by atoms with van der Waals surface area (Å²) in [4.78, 5) is 12.3. The number of nitrogens with one attached hydrogen (secondary N) is 2. The fraction of sp³-hybridized carbons (Fsp3) is 0.316. The molecule has 9 heteroatoms. The zero-order valence-electron chi connectivity index (χ0n) is 15.3. The molecule has 0 spiro atoms. The van der Waals surface area contributed by atoms with Crippen LogP contribution in [0.4, 0.5) is 4.39 Å². The van der Waals surface area contributed by atoms with Crippen LogP contribution in [0.1, 0.15) is 23.2 Å². The average molecular weight is 408 g/mol. The summed E-state index contributed by atoms with van der Waals surface area (Å²) >= 11 is 0. The summed E-state index contributed by atoms with van der Waals surface area (Å²) in [5.41, 5.74) is 0.169. The van der Waals surface area contributed by atoms with Crippen molar-refractivity contribution in [3.8, 4) is 11.5 Å². The lowest BCUT2D eigenvalue weighted by Crippen LogP contribution is -2.29. The van der Waals surface area contributed by atoms with Crippen molar-refractivity contribution in [3.05, 3.63) is 53.8 Å². The van der Waals surface area contributed by atoms with E-state index in [-0.39, 0.29) is 41.2 Å². The Kier molecular flexibility index (Phi) is 6.15. The Balaban J connectivity index is 1.63. The number of rotatable bonds is 9. The lowest BCUT2D eigenvalue weighted by molar-refractivity contribution is 0.0946. The first kappa shape index (κ1) is 20.1. The summed E-state index contributed by atoms with van der Waals surface area (Å²) in [5.74, 6) is -0.696. The number of methoxy groups -OCH3 is 1. The molecule has 1 aliphatic carbocycles. The van der Waals surface area contributed by atoms with Crippen molar-refractivity contribution in [2.45, 2.75) is 23.8 Å². The van der Waals surface area contributed by atoms with Crippen LogP contribution in [0, 0.1) is 5.82 Å². The molecule has 3 rings (SSSR count). The molecular weight excluding hydrogens is 387 g/mol. The Morgan fingerprint density at radius 2 is 1.93 bits per heavy atom. The van der Waals surface area contributed by atoms with Crippen LogP contribution in [0.5, 0.6) is 11.5 Å². The highest BCUT2D eigenvalue weighted by Gasteiger charge is 2.30. The molecule has 0 bridgehead atoms. The second-order valence-electron chi connectivity index (χ2n) is 6.30. The van der Waals surface area contributed by atoms with Crippen LogP contribution in [0.25, 0.3) is 0 Å². The summed E-state index contributed by atoms with van der Waals surface area (Å²) in [6, 6.07) is 10.1. The Morgan fingerprint density at radius 1 is 1.18 bits per heavy atom. The quantitative estimate of drug-likeness (QED) is 0.620.